The number of nitrogens with zero attached hydrogens (tertiary/aromatic N) is 2. The molecule has 0 aliphatic carbocycles. The number of fused-ring (bicyclic) bond motifs is 6. The second kappa shape index (κ2) is 5.19. The molecule has 0 spiro atoms. The van der Waals surface area contributed by atoms with Crippen LogP contribution in [0.25, 0.3) is 0 Å². The molecule has 0 N–H and O–H groups in total. The van der Waals surface area contributed by atoms with Crippen molar-refractivity contribution in [2.45, 2.75) is 44.4 Å². The fraction of sp³-hybridized carbons (Fsp3) is 0.429. The van der Waals surface area contributed by atoms with E-state index in [0.717, 1.165) is 0 Å². The van der Waals surface area contributed by atoms with Gasteiger partial charge in [0, 0.05) is 25.2 Å². The molecule has 0 saturated carbocycles. The van der Waals surface area contributed by atoms with Crippen LogP contribution in [0.1, 0.15) is 47.7 Å². The molecule has 0 radical (unpaired) electrons. The summed E-state index contributed by atoms with van der Waals surface area (Å²) in [6.45, 7) is 4.82. The van der Waals surface area contributed by atoms with Crippen LogP contribution >= 0.6 is 0 Å². The third kappa shape index (κ3) is 2.02. The molecule has 1 fully saturated rings. The molecule has 3 aliphatic heterocycles. The third-order valence-corrected chi connectivity index (χ3v) is 6.31. The van der Waals surface area contributed by atoms with Gasteiger partial charge in [0.25, 0.3) is 0 Å². The standard InChI is InChI=1S/C21H24N2/c1-15-22-12-10-16-6-2-4-8-18(16)20(22)14-21-19-9-5-3-7-17(19)11-13-23(15)21/h2-9,15,20-21H,10-14H2,1H3/t20-,21-/m0/s1. The zero-order chi connectivity index (χ0) is 15.4. The van der Waals surface area contributed by atoms with Crippen molar-refractivity contribution in [3.63, 3.8) is 0 Å². The fourth-order valence-corrected chi connectivity index (χ4v) is 5.16. The molecule has 2 aromatic rings. The van der Waals surface area contributed by atoms with Gasteiger partial charge in [0.1, 0.15) is 0 Å². The van der Waals surface area contributed by atoms with Gasteiger partial charge in [-0.1, -0.05) is 48.5 Å². The minimum absolute atomic E-state index is 0.542. The highest BCUT2D eigenvalue weighted by atomic mass is 15.4. The van der Waals surface area contributed by atoms with E-state index in [2.05, 4.69) is 65.3 Å². The number of hydrogen-bond donors (Lipinski definition) is 0. The van der Waals surface area contributed by atoms with Crippen LogP contribution in [-0.2, 0) is 12.8 Å². The van der Waals surface area contributed by atoms with Crippen molar-refractivity contribution in [2.75, 3.05) is 13.1 Å². The lowest BCUT2D eigenvalue weighted by molar-refractivity contribution is -0.0694. The Bertz CT molecular complexity index is 677. The predicted molar refractivity (Wildman–Crippen MR) is 93.3 cm³/mol. The minimum Gasteiger partial charge on any atom is -0.281 e. The summed E-state index contributed by atoms with van der Waals surface area (Å²) in [7, 11) is 0. The van der Waals surface area contributed by atoms with Crippen molar-refractivity contribution in [3.05, 3.63) is 70.8 Å². The monoisotopic (exact) mass is 304 g/mol. The van der Waals surface area contributed by atoms with Crippen molar-refractivity contribution in [3.8, 4) is 0 Å². The Labute approximate surface area is 138 Å². The van der Waals surface area contributed by atoms with Crippen molar-refractivity contribution in [1.82, 2.24) is 9.80 Å². The van der Waals surface area contributed by atoms with E-state index in [0.29, 0.717) is 18.2 Å². The van der Waals surface area contributed by atoms with E-state index in [1.54, 1.807) is 22.3 Å². The Morgan fingerprint density at radius 3 is 1.74 bits per heavy atom. The largest absolute Gasteiger partial charge is 0.281 e. The van der Waals surface area contributed by atoms with Crippen LogP contribution in [0, 0.1) is 0 Å². The maximum atomic E-state index is 2.74. The molecule has 1 saturated heterocycles. The van der Waals surface area contributed by atoms with E-state index in [1.807, 2.05) is 0 Å². The summed E-state index contributed by atoms with van der Waals surface area (Å²) in [6.07, 6.45) is 4.18. The van der Waals surface area contributed by atoms with Crippen LogP contribution < -0.4 is 0 Å². The first-order valence-corrected chi connectivity index (χ1v) is 9.00. The Balaban J connectivity index is 1.58. The van der Waals surface area contributed by atoms with Gasteiger partial charge in [0.2, 0.25) is 0 Å². The second-order valence-electron chi connectivity index (χ2n) is 7.27. The van der Waals surface area contributed by atoms with Crippen molar-refractivity contribution in [1.29, 1.82) is 0 Å². The molecule has 3 aliphatic rings. The van der Waals surface area contributed by atoms with E-state index in [-0.39, 0.29) is 0 Å². The average Bonchev–Trinajstić information content (AvgIpc) is 2.61. The van der Waals surface area contributed by atoms with Crippen LogP contribution in [0.5, 0.6) is 0 Å². The van der Waals surface area contributed by atoms with Crippen LogP contribution in [-0.4, -0.2) is 29.1 Å². The molecule has 0 unspecified atom stereocenters. The molecular formula is C21H24N2. The van der Waals surface area contributed by atoms with Gasteiger partial charge in [-0.05, 0) is 48.4 Å². The summed E-state index contributed by atoms with van der Waals surface area (Å²) in [5, 5.41) is 0. The highest BCUT2D eigenvalue weighted by Crippen LogP contribution is 2.47. The lowest BCUT2D eigenvalue weighted by Gasteiger charge is -2.55. The van der Waals surface area contributed by atoms with Crippen LogP contribution in [0.15, 0.2) is 48.5 Å². The zero-order valence-corrected chi connectivity index (χ0v) is 13.8. The van der Waals surface area contributed by atoms with E-state index in [9.17, 15) is 0 Å². The van der Waals surface area contributed by atoms with E-state index < -0.39 is 0 Å². The normalized spacial score (nSPS) is 30.0. The molecule has 0 aromatic heterocycles. The molecule has 118 valence electrons. The lowest BCUT2D eigenvalue weighted by Crippen LogP contribution is -2.57. The molecule has 2 aromatic carbocycles. The molecule has 2 atom stereocenters. The van der Waals surface area contributed by atoms with Crippen LogP contribution in [0.2, 0.25) is 0 Å². The quantitative estimate of drug-likeness (QED) is 0.727. The first-order valence-electron chi connectivity index (χ1n) is 9.00. The number of benzene rings is 2. The molecular weight excluding hydrogens is 280 g/mol. The lowest BCUT2D eigenvalue weighted by atomic mass is 9.80. The summed E-state index contributed by atoms with van der Waals surface area (Å²) in [4.78, 5) is 5.49. The molecule has 2 heteroatoms. The number of hydrogen-bond acceptors (Lipinski definition) is 2. The second-order valence-corrected chi connectivity index (χ2v) is 7.27. The highest BCUT2D eigenvalue weighted by molar-refractivity contribution is 5.37. The summed E-state index contributed by atoms with van der Waals surface area (Å²) >= 11 is 0. The predicted octanol–water partition coefficient (Wildman–Crippen LogP) is 3.93. The van der Waals surface area contributed by atoms with Gasteiger partial charge in [-0.25, -0.2) is 0 Å². The first kappa shape index (κ1) is 13.8. The summed E-state index contributed by atoms with van der Waals surface area (Å²) in [5.74, 6) is 0. The Kier molecular flexibility index (Phi) is 3.10. The summed E-state index contributed by atoms with van der Waals surface area (Å²) in [5.41, 5.74) is 6.29. The highest BCUT2D eigenvalue weighted by Gasteiger charge is 2.43. The summed E-state index contributed by atoms with van der Waals surface area (Å²) in [6, 6.07) is 19.4. The van der Waals surface area contributed by atoms with Crippen molar-refractivity contribution >= 4 is 0 Å². The Morgan fingerprint density at radius 1 is 0.739 bits per heavy atom. The van der Waals surface area contributed by atoms with E-state index in [1.165, 1.54) is 32.4 Å². The number of rotatable bonds is 0. The van der Waals surface area contributed by atoms with Crippen molar-refractivity contribution < 1.29 is 0 Å². The van der Waals surface area contributed by atoms with Crippen molar-refractivity contribution in [2.24, 2.45) is 0 Å². The van der Waals surface area contributed by atoms with Gasteiger partial charge in [0.05, 0.1) is 6.17 Å². The molecule has 23 heavy (non-hydrogen) atoms. The van der Waals surface area contributed by atoms with Gasteiger partial charge in [-0.2, -0.15) is 0 Å². The van der Waals surface area contributed by atoms with Gasteiger partial charge in [-0.15, -0.1) is 0 Å². The van der Waals surface area contributed by atoms with Gasteiger partial charge in [-0.3, -0.25) is 9.80 Å². The van der Waals surface area contributed by atoms with E-state index in [4.69, 9.17) is 0 Å². The molecule has 5 rings (SSSR count). The maximum Gasteiger partial charge on any atom is 0.0604 e. The summed E-state index contributed by atoms with van der Waals surface area (Å²) < 4.78 is 0. The topological polar surface area (TPSA) is 6.48 Å². The molecule has 0 amide bonds. The molecule has 3 heterocycles. The first-order chi connectivity index (χ1) is 11.3. The van der Waals surface area contributed by atoms with Gasteiger partial charge < -0.3 is 0 Å². The van der Waals surface area contributed by atoms with Gasteiger partial charge >= 0.3 is 0 Å². The van der Waals surface area contributed by atoms with E-state index >= 15 is 0 Å². The average molecular weight is 304 g/mol. The maximum absolute atomic E-state index is 2.74. The SMILES string of the molecule is CC1N2CCc3ccccc3[C@@H]2C[C@H]2c3ccccc3CCN12. The molecule has 0 bridgehead atoms. The smallest absolute Gasteiger partial charge is 0.0604 e. The van der Waals surface area contributed by atoms with Crippen LogP contribution in [0.4, 0.5) is 0 Å². The fourth-order valence-electron chi connectivity index (χ4n) is 5.16. The Hall–Kier alpha value is -1.64. The van der Waals surface area contributed by atoms with Crippen LogP contribution in [0.3, 0.4) is 0 Å². The molecule has 2 nitrogen and oxygen atoms in total. The minimum atomic E-state index is 0.542. The van der Waals surface area contributed by atoms with Gasteiger partial charge in [0.15, 0.2) is 0 Å². The zero-order valence-electron chi connectivity index (χ0n) is 13.8. The third-order valence-electron chi connectivity index (χ3n) is 6.31. The Morgan fingerprint density at radius 2 is 1.22 bits per heavy atom.